The van der Waals surface area contributed by atoms with Gasteiger partial charge >= 0.3 is 0 Å². The van der Waals surface area contributed by atoms with Gasteiger partial charge in [0.15, 0.2) is 29.9 Å². The van der Waals surface area contributed by atoms with Crippen molar-refractivity contribution >= 4 is 0 Å². The second kappa shape index (κ2) is 10.8. The summed E-state index contributed by atoms with van der Waals surface area (Å²) in [5, 5.41) is 13.6. The van der Waals surface area contributed by atoms with Crippen molar-refractivity contribution in [2.45, 2.75) is 133 Å². The fraction of sp³-hybridized carbons (Fsp3) is 0.793. The molecule has 1 aromatic carbocycles. The Morgan fingerprint density at radius 2 is 1.38 bits per heavy atom. The molecule has 11 heteroatoms. The van der Waals surface area contributed by atoms with E-state index in [1.807, 2.05) is 71.9 Å². The molecule has 6 rings (SSSR count). The van der Waals surface area contributed by atoms with E-state index >= 15 is 0 Å². The molecule has 0 unspecified atom stereocenters. The summed E-state index contributed by atoms with van der Waals surface area (Å²) in [5.74, 6) is -2.38. The van der Waals surface area contributed by atoms with E-state index in [-0.39, 0.29) is 37.1 Å². The monoisotopic (exact) mass is 565 g/mol. The number of hydrogen-bond donors (Lipinski definition) is 2. The van der Waals surface area contributed by atoms with Gasteiger partial charge in [0.1, 0.15) is 42.7 Å². The minimum Gasteiger partial charge on any atom is -0.396 e. The van der Waals surface area contributed by atoms with Gasteiger partial charge in [-0.3, -0.25) is 0 Å². The molecule has 0 aliphatic carbocycles. The number of nitrogens with one attached hydrogen (secondary N) is 1. The van der Waals surface area contributed by atoms with Crippen LogP contribution in [0.5, 0.6) is 0 Å². The molecule has 0 amide bonds. The molecular weight excluding hydrogens is 522 g/mol. The zero-order valence-corrected chi connectivity index (χ0v) is 24.1. The average Bonchev–Trinajstić information content (AvgIpc) is 3.56. The highest BCUT2D eigenvalue weighted by Gasteiger charge is 2.62. The maximum Gasteiger partial charge on any atom is 0.190 e. The lowest BCUT2D eigenvalue weighted by molar-refractivity contribution is -0.241. The number of benzene rings is 1. The minimum absolute atomic E-state index is 0.0404. The first kappa shape index (κ1) is 28.9. The van der Waals surface area contributed by atoms with E-state index in [1.165, 1.54) is 0 Å². The normalized spacial score (nSPS) is 41.4. The van der Waals surface area contributed by atoms with Gasteiger partial charge in [-0.05, 0) is 53.5 Å². The Bertz CT molecular complexity index is 1020. The minimum atomic E-state index is -0.810. The van der Waals surface area contributed by atoms with Gasteiger partial charge in [0.25, 0.3) is 0 Å². The number of aliphatic hydroxyl groups excluding tert-OH is 1. The van der Waals surface area contributed by atoms with E-state index in [0.717, 1.165) is 5.56 Å². The topological polar surface area (TPSA) is 115 Å². The highest BCUT2D eigenvalue weighted by atomic mass is 16.9. The number of rotatable bonds is 9. The molecule has 5 fully saturated rings. The van der Waals surface area contributed by atoms with Gasteiger partial charge in [0, 0.05) is 19.2 Å². The SMILES string of the molecule is CC1(C)O[C@@H]2[C@H](O1)[C@H]1OC(C)(C)O[C@H]1O[C@@H]2[C@H](CCO)NC[C@H]1O[C@@H]2OC(C)(C)O[C@@H]2[C@H]1OCc1ccccc1. The van der Waals surface area contributed by atoms with Crippen molar-refractivity contribution in [3.8, 4) is 0 Å². The van der Waals surface area contributed by atoms with Gasteiger partial charge in [-0.1, -0.05) is 30.3 Å². The molecule has 40 heavy (non-hydrogen) atoms. The summed E-state index contributed by atoms with van der Waals surface area (Å²) in [6.07, 6.45) is -3.49. The lowest BCUT2D eigenvalue weighted by atomic mass is 9.92. The van der Waals surface area contributed by atoms with Gasteiger partial charge < -0.3 is 53.1 Å². The van der Waals surface area contributed by atoms with Crippen LogP contribution in [0.25, 0.3) is 0 Å². The molecule has 10 atom stereocenters. The molecule has 5 heterocycles. The van der Waals surface area contributed by atoms with Crippen LogP contribution in [0.15, 0.2) is 30.3 Å². The maximum atomic E-state index is 10.0. The van der Waals surface area contributed by atoms with Crippen molar-refractivity contribution in [3.05, 3.63) is 35.9 Å². The third-order valence-corrected chi connectivity index (χ3v) is 7.98. The molecule has 0 saturated carbocycles. The van der Waals surface area contributed by atoms with Gasteiger partial charge in [-0.25, -0.2) is 0 Å². The van der Waals surface area contributed by atoms with Gasteiger partial charge in [0.2, 0.25) is 0 Å². The molecule has 0 spiro atoms. The smallest absolute Gasteiger partial charge is 0.190 e. The molecule has 1 aromatic rings. The largest absolute Gasteiger partial charge is 0.396 e. The van der Waals surface area contributed by atoms with Crippen molar-refractivity contribution in [2.24, 2.45) is 0 Å². The van der Waals surface area contributed by atoms with E-state index in [4.69, 9.17) is 42.6 Å². The van der Waals surface area contributed by atoms with Gasteiger partial charge in [-0.2, -0.15) is 0 Å². The van der Waals surface area contributed by atoms with Crippen LogP contribution in [0.1, 0.15) is 53.5 Å². The summed E-state index contributed by atoms with van der Waals surface area (Å²) in [4.78, 5) is 0. The van der Waals surface area contributed by atoms with E-state index in [2.05, 4.69) is 5.32 Å². The molecule has 0 radical (unpaired) electrons. The zero-order valence-electron chi connectivity index (χ0n) is 24.1. The predicted octanol–water partition coefficient (Wildman–Crippen LogP) is 2.19. The Balaban J connectivity index is 1.17. The highest BCUT2D eigenvalue weighted by molar-refractivity contribution is 5.13. The summed E-state index contributed by atoms with van der Waals surface area (Å²) in [6, 6.07) is 9.72. The first-order valence-electron chi connectivity index (χ1n) is 14.3. The lowest BCUT2D eigenvalue weighted by Crippen LogP contribution is -2.61. The van der Waals surface area contributed by atoms with Crippen molar-refractivity contribution < 1.29 is 47.7 Å². The Morgan fingerprint density at radius 3 is 2.08 bits per heavy atom. The summed E-state index contributed by atoms with van der Waals surface area (Å²) < 4.78 is 56.2. The molecular formula is C29H43NO10. The molecule has 0 bridgehead atoms. The summed E-state index contributed by atoms with van der Waals surface area (Å²) >= 11 is 0. The molecule has 224 valence electrons. The molecule has 5 aliphatic heterocycles. The summed E-state index contributed by atoms with van der Waals surface area (Å²) in [6.45, 7) is 12.0. The molecule has 5 aliphatic rings. The second-order valence-electron chi connectivity index (χ2n) is 12.6. The Labute approximate surface area is 235 Å². The summed E-state index contributed by atoms with van der Waals surface area (Å²) in [5.41, 5.74) is 1.06. The Kier molecular flexibility index (Phi) is 7.80. The van der Waals surface area contributed by atoms with Crippen LogP contribution < -0.4 is 5.32 Å². The first-order chi connectivity index (χ1) is 18.9. The van der Waals surface area contributed by atoms with E-state index < -0.39 is 48.3 Å². The Morgan fingerprint density at radius 1 is 0.775 bits per heavy atom. The molecule has 2 N–H and O–H groups in total. The zero-order chi connectivity index (χ0) is 28.3. The molecule has 0 aromatic heterocycles. The fourth-order valence-electron chi connectivity index (χ4n) is 6.43. The number of fused-ring (bicyclic) bond motifs is 4. The third kappa shape index (κ3) is 5.84. The van der Waals surface area contributed by atoms with Gasteiger partial charge in [0.05, 0.1) is 6.61 Å². The fourth-order valence-corrected chi connectivity index (χ4v) is 6.43. The molecule has 5 saturated heterocycles. The van der Waals surface area contributed by atoms with E-state index in [1.54, 1.807) is 0 Å². The number of ether oxygens (including phenoxy) is 9. The molecule has 11 nitrogen and oxygen atoms in total. The van der Waals surface area contributed by atoms with Crippen LogP contribution in [-0.4, -0.2) is 97.0 Å². The van der Waals surface area contributed by atoms with E-state index in [0.29, 0.717) is 19.6 Å². The van der Waals surface area contributed by atoms with Crippen LogP contribution in [-0.2, 0) is 49.2 Å². The van der Waals surface area contributed by atoms with Crippen LogP contribution in [0, 0.1) is 0 Å². The van der Waals surface area contributed by atoms with Crippen LogP contribution in [0.2, 0.25) is 0 Å². The lowest BCUT2D eigenvalue weighted by Gasteiger charge is -2.41. The van der Waals surface area contributed by atoms with Crippen LogP contribution >= 0.6 is 0 Å². The van der Waals surface area contributed by atoms with Gasteiger partial charge in [-0.15, -0.1) is 0 Å². The number of aliphatic hydroxyl groups is 1. The van der Waals surface area contributed by atoms with Crippen molar-refractivity contribution in [1.82, 2.24) is 5.32 Å². The number of hydrogen-bond acceptors (Lipinski definition) is 11. The van der Waals surface area contributed by atoms with Crippen LogP contribution in [0.3, 0.4) is 0 Å². The summed E-state index contributed by atoms with van der Waals surface area (Å²) in [7, 11) is 0. The standard InChI is InChI=1S/C29H43NO10/c1-27(2)35-21-19(34-26-24(22(21)36-27)38-29(5,6)40-26)17(12-13-31)30-14-18-20(32-15-16-10-8-7-9-11-16)23-25(33-18)39-28(3,4)37-23/h7-11,17-26,30-31H,12-15H2,1-6H3/t17-,18+,19+,20-,21-,22-,23+,24+,25+,26+/m0/s1. The first-order valence-corrected chi connectivity index (χ1v) is 14.3. The van der Waals surface area contributed by atoms with Crippen LogP contribution in [0.4, 0.5) is 0 Å². The maximum absolute atomic E-state index is 10.0. The highest BCUT2D eigenvalue weighted by Crippen LogP contribution is 2.45. The third-order valence-electron chi connectivity index (χ3n) is 7.98. The second-order valence-corrected chi connectivity index (χ2v) is 12.6. The Hall–Kier alpha value is -1.22. The van der Waals surface area contributed by atoms with Crippen molar-refractivity contribution in [2.75, 3.05) is 13.2 Å². The quantitative estimate of drug-likeness (QED) is 0.459. The van der Waals surface area contributed by atoms with Crippen molar-refractivity contribution in [1.29, 1.82) is 0 Å². The van der Waals surface area contributed by atoms with Crippen molar-refractivity contribution in [3.63, 3.8) is 0 Å². The predicted molar refractivity (Wildman–Crippen MR) is 140 cm³/mol. The van der Waals surface area contributed by atoms with E-state index in [9.17, 15) is 5.11 Å². The average molecular weight is 566 g/mol.